The zero-order chi connectivity index (χ0) is 22.2. The molecule has 4 aromatic rings. The van der Waals surface area contributed by atoms with Gasteiger partial charge in [0.2, 0.25) is 0 Å². The summed E-state index contributed by atoms with van der Waals surface area (Å²) in [6, 6.07) is 7.68. The summed E-state index contributed by atoms with van der Waals surface area (Å²) in [5, 5.41) is 3.61. The maximum absolute atomic E-state index is 12.9. The minimum Gasteiger partial charge on any atom is -0.493 e. The fourth-order valence-corrected chi connectivity index (χ4v) is 5.59. The van der Waals surface area contributed by atoms with Crippen LogP contribution in [0.3, 0.4) is 0 Å². The molecule has 1 aliphatic rings. The van der Waals surface area contributed by atoms with Crippen molar-refractivity contribution in [3.8, 4) is 17.3 Å². The maximum atomic E-state index is 12.9. The highest BCUT2D eigenvalue weighted by Crippen LogP contribution is 2.27. The second-order valence-electron chi connectivity index (χ2n) is 8.19. The van der Waals surface area contributed by atoms with Crippen LogP contribution in [0.4, 0.5) is 0 Å². The third kappa shape index (κ3) is 4.20. The Morgan fingerprint density at radius 3 is 2.88 bits per heavy atom. The van der Waals surface area contributed by atoms with Gasteiger partial charge in [0.1, 0.15) is 11.4 Å². The van der Waals surface area contributed by atoms with E-state index in [1.807, 2.05) is 41.0 Å². The van der Waals surface area contributed by atoms with Gasteiger partial charge in [-0.05, 0) is 66.3 Å². The van der Waals surface area contributed by atoms with Gasteiger partial charge in [-0.25, -0.2) is 13.5 Å². The Balaban J connectivity index is 1.38. The molecule has 166 valence electrons. The molecule has 9 heteroatoms. The summed E-state index contributed by atoms with van der Waals surface area (Å²) in [6.45, 7) is 4.18. The van der Waals surface area contributed by atoms with Crippen LogP contribution >= 0.6 is 11.3 Å². The number of aromatic amines is 1. The zero-order valence-corrected chi connectivity index (χ0v) is 19.6. The number of H-pyrrole nitrogens is 1. The second-order valence-corrected chi connectivity index (χ2v) is 10.5. The Bertz CT molecular complexity index is 1370. The van der Waals surface area contributed by atoms with Crippen molar-refractivity contribution < 1.29 is 8.95 Å². The SMILES string of the molecule is Cc1cc(OCC2CCN(S(C)=O)CC2)cc2c(=O)[nH]c(-c3cc4ccsc4cn3)nc12. The predicted molar refractivity (Wildman–Crippen MR) is 130 cm³/mol. The van der Waals surface area contributed by atoms with Gasteiger partial charge < -0.3 is 9.72 Å². The lowest BCUT2D eigenvalue weighted by atomic mass is 9.99. The Morgan fingerprint density at radius 1 is 1.28 bits per heavy atom. The number of hydrogen-bond acceptors (Lipinski definition) is 6. The third-order valence-electron chi connectivity index (χ3n) is 5.98. The molecule has 32 heavy (non-hydrogen) atoms. The van der Waals surface area contributed by atoms with E-state index in [0.717, 1.165) is 41.6 Å². The largest absolute Gasteiger partial charge is 0.493 e. The van der Waals surface area contributed by atoms with Gasteiger partial charge in [-0.2, -0.15) is 0 Å². The number of benzene rings is 1. The molecule has 0 saturated carbocycles. The molecule has 1 aromatic carbocycles. The number of ether oxygens (including phenoxy) is 1. The van der Waals surface area contributed by atoms with E-state index >= 15 is 0 Å². The molecular weight excluding hydrogens is 444 g/mol. The second kappa shape index (κ2) is 8.73. The highest BCUT2D eigenvalue weighted by Gasteiger charge is 2.22. The molecule has 0 bridgehead atoms. The standard InChI is InChI=1S/C23H24N4O3S2/c1-14-9-17(30-13-15-3-6-27(7-4-15)32(2)29)11-18-21(14)25-22(26-23(18)28)19-10-16-5-8-31-20(16)12-24-19/h5,8-12,15H,3-4,6-7,13H2,1-2H3,(H,25,26,28). The molecule has 0 spiro atoms. The fraction of sp³-hybridized carbons (Fsp3) is 0.348. The van der Waals surface area contributed by atoms with Crippen molar-refractivity contribution >= 4 is 43.3 Å². The Morgan fingerprint density at radius 2 is 2.09 bits per heavy atom. The first-order valence-corrected chi connectivity index (χ1v) is 13.0. The number of nitrogens with one attached hydrogen (secondary N) is 1. The molecule has 1 fully saturated rings. The average molecular weight is 469 g/mol. The van der Waals surface area contributed by atoms with Crippen LogP contribution in [0.2, 0.25) is 0 Å². The summed E-state index contributed by atoms with van der Waals surface area (Å²) in [7, 11) is -0.906. The molecular formula is C23H24N4O3S2. The smallest absolute Gasteiger partial charge is 0.259 e. The maximum Gasteiger partial charge on any atom is 0.259 e. The van der Waals surface area contributed by atoms with E-state index in [0.29, 0.717) is 40.7 Å². The number of piperidine rings is 1. The van der Waals surface area contributed by atoms with Crippen LogP contribution in [-0.2, 0) is 11.0 Å². The molecule has 4 heterocycles. The normalized spacial score (nSPS) is 16.6. The lowest BCUT2D eigenvalue weighted by molar-refractivity contribution is 0.188. The summed E-state index contributed by atoms with van der Waals surface area (Å²) < 4.78 is 20.7. The van der Waals surface area contributed by atoms with Gasteiger partial charge in [0.25, 0.3) is 5.56 Å². The van der Waals surface area contributed by atoms with Crippen molar-refractivity contribution in [2.24, 2.45) is 5.92 Å². The van der Waals surface area contributed by atoms with Gasteiger partial charge in [0.15, 0.2) is 5.82 Å². The van der Waals surface area contributed by atoms with E-state index in [1.54, 1.807) is 23.7 Å². The van der Waals surface area contributed by atoms with E-state index in [2.05, 4.69) is 9.97 Å². The van der Waals surface area contributed by atoms with Crippen molar-refractivity contribution in [3.63, 3.8) is 0 Å². The molecule has 1 unspecified atom stereocenters. The highest BCUT2D eigenvalue weighted by molar-refractivity contribution is 7.81. The Kier molecular flexibility index (Phi) is 5.79. The van der Waals surface area contributed by atoms with Crippen molar-refractivity contribution in [3.05, 3.63) is 51.8 Å². The van der Waals surface area contributed by atoms with Gasteiger partial charge in [-0.1, -0.05) is 0 Å². The van der Waals surface area contributed by atoms with Crippen LogP contribution in [0.5, 0.6) is 5.75 Å². The topological polar surface area (TPSA) is 88.2 Å². The van der Waals surface area contributed by atoms with Gasteiger partial charge >= 0.3 is 0 Å². The van der Waals surface area contributed by atoms with Gasteiger partial charge in [0.05, 0.1) is 33.2 Å². The number of aryl methyl sites for hydroxylation is 1. The summed E-state index contributed by atoms with van der Waals surface area (Å²) in [5.41, 5.74) is 1.98. The molecule has 1 saturated heterocycles. The Labute approximate surface area is 192 Å². The minimum atomic E-state index is -0.906. The lowest BCUT2D eigenvalue weighted by Gasteiger charge is -2.29. The van der Waals surface area contributed by atoms with Crippen LogP contribution in [0, 0.1) is 12.8 Å². The number of fused-ring (bicyclic) bond motifs is 2. The minimum absolute atomic E-state index is 0.204. The van der Waals surface area contributed by atoms with E-state index < -0.39 is 11.0 Å². The molecule has 1 aliphatic heterocycles. The third-order valence-corrected chi connectivity index (χ3v) is 7.94. The molecule has 1 atom stereocenters. The Hall–Kier alpha value is -2.62. The first kappa shape index (κ1) is 21.2. The van der Waals surface area contributed by atoms with Crippen molar-refractivity contribution in [1.82, 2.24) is 19.3 Å². The molecule has 0 amide bonds. The van der Waals surface area contributed by atoms with Gasteiger partial charge in [0, 0.05) is 25.5 Å². The van der Waals surface area contributed by atoms with E-state index in [9.17, 15) is 9.00 Å². The number of rotatable bonds is 5. The monoisotopic (exact) mass is 468 g/mol. The van der Waals surface area contributed by atoms with Gasteiger partial charge in [-0.15, -0.1) is 11.3 Å². The number of pyridine rings is 1. The lowest BCUT2D eigenvalue weighted by Crippen LogP contribution is -2.36. The quantitative estimate of drug-likeness (QED) is 0.480. The molecule has 1 N–H and O–H groups in total. The fourth-order valence-electron chi connectivity index (χ4n) is 4.13. The molecule has 7 nitrogen and oxygen atoms in total. The molecule has 5 rings (SSSR count). The van der Waals surface area contributed by atoms with E-state index in [-0.39, 0.29) is 5.56 Å². The molecule has 0 radical (unpaired) electrons. The van der Waals surface area contributed by atoms with Crippen LogP contribution in [0.15, 0.2) is 40.6 Å². The van der Waals surface area contributed by atoms with Crippen molar-refractivity contribution in [2.75, 3.05) is 26.0 Å². The number of nitrogens with zero attached hydrogens (tertiary/aromatic N) is 3. The van der Waals surface area contributed by atoms with Crippen LogP contribution < -0.4 is 10.3 Å². The van der Waals surface area contributed by atoms with Crippen LogP contribution in [0.1, 0.15) is 18.4 Å². The van der Waals surface area contributed by atoms with Gasteiger partial charge in [-0.3, -0.25) is 9.78 Å². The highest BCUT2D eigenvalue weighted by atomic mass is 32.2. The predicted octanol–water partition coefficient (Wildman–Crippen LogP) is 3.89. The van der Waals surface area contributed by atoms with Crippen molar-refractivity contribution in [1.29, 1.82) is 0 Å². The van der Waals surface area contributed by atoms with E-state index in [4.69, 9.17) is 9.72 Å². The summed E-state index contributed by atoms with van der Waals surface area (Å²) >= 11 is 1.63. The number of aromatic nitrogens is 3. The van der Waals surface area contributed by atoms with Crippen molar-refractivity contribution in [2.45, 2.75) is 19.8 Å². The van der Waals surface area contributed by atoms with Crippen LogP contribution in [-0.4, -0.2) is 49.4 Å². The van der Waals surface area contributed by atoms with Crippen LogP contribution in [0.25, 0.3) is 32.5 Å². The summed E-state index contributed by atoms with van der Waals surface area (Å²) in [6.07, 6.45) is 5.45. The molecule has 3 aromatic heterocycles. The first-order chi connectivity index (χ1) is 15.5. The van der Waals surface area contributed by atoms with E-state index in [1.165, 1.54) is 0 Å². The number of hydrogen-bond donors (Lipinski definition) is 1. The molecule has 0 aliphatic carbocycles. The summed E-state index contributed by atoms with van der Waals surface area (Å²) in [5.74, 6) is 1.56. The average Bonchev–Trinajstić information content (AvgIpc) is 3.26. The first-order valence-electron chi connectivity index (χ1n) is 10.6. The zero-order valence-electron chi connectivity index (χ0n) is 18.0. The number of thiophene rings is 1. The summed E-state index contributed by atoms with van der Waals surface area (Å²) in [4.78, 5) is 24.9.